The van der Waals surface area contributed by atoms with E-state index in [1.54, 1.807) is 12.1 Å². The van der Waals surface area contributed by atoms with Crippen LogP contribution in [0.2, 0.25) is 0 Å². The van der Waals surface area contributed by atoms with E-state index in [1.165, 1.54) is 12.8 Å². The van der Waals surface area contributed by atoms with E-state index in [2.05, 4.69) is 38.0 Å². The molecule has 0 amide bonds. The van der Waals surface area contributed by atoms with Crippen LogP contribution in [0.25, 0.3) is 0 Å². The van der Waals surface area contributed by atoms with E-state index >= 15 is 0 Å². The maximum absolute atomic E-state index is 14.3. The van der Waals surface area contributed by atoms with Gasteiger partial charge in [0.25, 0.3) is 0 Å². The van der Waals surface area contributed by atoms with Crippen LogP contribution in [-0.2, 0) is 5.41 Å². The standard InChI is InChI=1S/C26H37FN2/c1-8-14-29(25(19(3)4)21(6)9-2)24(28-7)18-26(12-10-11-13-26)22-15-20(5)16-23(27)17-22/h9,15-17H,2-3,8,10-14,18H2,1,4-7H3/b25-21-,28-24?. The van der Waals surface area contributed by atoms with Gasteiger partial charge in [-0.2, -0.15) is 0 Å². The summed E-state index contributed by atoms with van der Waals surface area (Å²) >= 11 is 0. The lowest BCUT2D eigenvalue weighted by Gasteiger charge is -2.36. The van der Waals surface area contributed by atoms with Gasteiger partial charge in [-0.15, -0.1) is 0 Å². The van der Waals surface area contributed by atoms with E-state index in [0.29, 0.717) is 0 Å². The van der Waals surface area contributed by atoms with Gasteiger partial charge in [-0.05, 0) is 74.4 Å². The summed E-state index contributed by atoms with van der Waals surface area (Å²) in [6.45, 7) is 17.3. The van der Waals surface area contributed by atoms with Gasteiger partial charge >= 0.3 is 0 Å². The van der Waals surface area contributed by atoms with Gasteiger partial charge in [0, 0.05) is 31.1 Å². The first-order valence-corrected chi connectivity index (χ1v) is 10.8. The van der Waals surface area contributed by atoms with E-state index in [1.807, 2.05) is 27.0 Å². The molecule has 0 aliphatic heterocycles. The molecule has 0 radical (unpaired) electrons. The van der Waals surface area contributed by atoms with E-state index in [-0.39, 0.29) is 11.2 Å². The summed E-state index contributed by atoms with van der Waals surface area (Å²) in [5.41, 5.74) is 5.26. The molecular weight excluding hydrogens is 359 g/mol. The van der Waals surface area contributed by atoms with Crippen molar-refractivity contribution in [3.05, 3.63) is 71.2 Å². The Morgan fingerprint density at radius 3 is 2.38 bits per heavy atom. The minimum Gasteiger partial charge on any atom is -0.330 e. The lowest BCUT2D eigenvalue weighted by Crippen LogP contribution is -2.38. The molecule has 2 nitrogen and oxygen atoms in total. The fourth-order valence-electron chi connectivity index (χ4n) is 4.73. The van der Waals surface area contributed by atoms with Crippen molar-refractivity contribution in [2.24, 2.45) is 4.99 Å². The molecule has 0 N–H and O–H groups in total. The molecule has 1 aromatic rings. The van der Waals surface area contributed by atoms with Crippen molar-refractivity contribution < 1.29 is 4.39 Å². The van der Waals surface area contributed by atoms with Gasteiger partial charge < -0.3 is 4.90 Å². The summed E-state index contributed by atoms with van der Waals surface area (Å²) < 4.78 is 14.3. The molecule has 1 aliphatic carbocycles. The number of allylic oxidation sites excluding steroid dienone is 3. The summed E-state index contributed by atoms with van der Waals surface area (Å²) in [6.07, 6.45) is 8.20. The maximum Gasteiger partial charge on any atom is 0.123 e. The Kier molecular flexibility index (Phi) is 8.01. The molecule has 0 heterocycles. The molecule has 1 fully saturated rings. The van der Waals surface area contributed by atoms with E-state index in [9.17, 15) is 4.39 Å². The number of aryl methyl sites for hydroxylation is 1. The Labute approximate surface area is 176 Å². The minimum absolute atomic E-state index is 0.0596. The zero-order chi connectivity index (χ0) is 21.6. The predicted molar refractivity (Wildman–Crippen MR) is 124 cm³/mol. The molecule has 3 heteroatoms. The van der Waals surface area contributed by atoms with Gasteiger partial charge in [0.05, 0.1) is 0 Å². The van der Waals surface area contributed by atoms with E-state index in [0.717, 1.165) is 66.0 Å². The van der Waals surface area contributed by atoms with Crippen molar-refractivity contribution in [3.8, 4) is 0 Å². The van der Waals surface area contributed by atoms with Crippen molar-refractivity contribution in [1.29, 1.82) is 0 Å². The molecule has 0 saturated heterocycles. The molecular formula is C26H37FN2. The van der Waals surface area contributed by atoms with Crippen LogP contribution < -0.4 is 0 Å². The summed E-state index contributed by atoms with van der Waals surface area (Å²) in [5.74, 6) is 0.909. The third-order valence-corrected chi connectivity index (χ3v) is 6.08. The first-order valence-electron chi connectivity index (χ1n) is 10.8. The molecule has 0 unspecified atom stereocenters. The second kappa shape index (κ2) is 10.0. The van der Waals surface area contributed by atoms with Gasteiger partial charge in [0.2, 0.25) is 0 Å². The molecule has 1 aromatic carbocycles. The molecule has 2 rings (SSSR count). The Hall–Kier alpha value is -2.16. The highest BCUT2D eigenvalue weighted by atomic mass is 19.1. The molecule has 158 valence electrons. The Morgan fingerprint density at radius 2 is 1.90 bits per heavy atom. The molecule has 1 saturated carbocycles. The summed E-state index contributed by atoms with van der Waals surface area (Å²) in [4.78, 5) is 7.06. The predicted octanol–water partition coefficient (Wildman–Crippen LogP) is 7.11. The Morgan fingerprint density at radius 1 is 1.24 bits per heavy atom. The minimum atomic E-state index is -0.142. The van der Waals surface area contributed by atoms with Crippen LogP contribution in [0.5, 0.6) is 0 Å². The van der Waals surface area contributed by atoms with Crippen LogP contribution in [0.15, 0.2) is 59.3 Å². The highest BCUT2D eigenvalue weighted by Gasteiger charge is 2.38. The summed E-state index contributed by atoms with van der Waals surface area (Å²) in [6, 6.07) is 5.51. The number of halogens is 1. The SMILES string of the molecule is C=C/C(C)=C(/C(=C)C)N(CCC)C(CC1(c2cc(C)cc(F)c2)CCCC1)=NC. The number of nitrogens with zero attached hydrogens (tertiary/aromatic N) is 2. The highest BCUT2D eigenvalue weighted by molar-refractivity contribution is 5.86. The molecule has 0 bridgehead atoms. The topological polar surface area (TPSA) is 15.6 Å². The smallest absolute Gasteiger partial charge is 0.123 e. The van der Waals surface area contributed by atoms with E-state index < -0.39 is 0 Å². The van der Waals surface area contributed by atoms with Crippen molar-refractivity contribution in [2.45, 2.75) is 71.6 Å². The first kappa shape index (κ1) is 23.1. The van der Waals surface area contributed by atoms with Gasteiger partial charge in [-0.1, -0.05) is 45.1 Å². The summed E-state index contributed by atoms with van der Waals surface area (Å²) in [7, 11) is 1.87. The third-order valence-electron chi connectivity index (χ3n) is 6.08. The van der Waals surface area contributed by atoms with Crippen LogP contribution >= 0.6 is 0 Å². The van der Waals surface area contributed by atoms with Crippen molar-refractivity contribution in [2.75, 3.05) is 13.6 Å². The lowest BCUT2D eigenvalue weighted by atomic mass is 9.75. The Bertz CT molecular complexity index is 790. The zero-order valence-corrected chi connectivity index (χ0v) is 18.9. The number of amidine groups is 1. The van der Waals surface area contributed by atoms with Crippen LogP contribution in [0.4, 0.5) is 4.39 Å². The van der Waals surface area contributed by atoms with Crippen molar-refractivity contribution in [1.82, 2.24) is 4.90 Å². The molecule has 29 heavy (non-hydrogen) atoms. The van der Waals surface area contributed by atoms with Crippen LogP contribution in [0.3, 0.4) is 0 Å². The average molecular weight is 397 g/mol. The van der Waals surface area contributed by atoms with Gasteiger partial charge in [-0.3, -0.25) is 4.99 Å². The second-order valence-electron chi connectivity index (χ2n) is 8.49. The Balaban J connectivity index is 2.52. The highest BCUT2D eigenvalue weighted by Crippen LogP contribution is 2.45. The van der Waals surface area contributed by atoms with Crippen molar-refractivity contribution >= 4 is 5.84 Å². The third kappa shape index (κ3) is 5.26. The average Bonchev–Trinajstić information content (AvgIpc) is 3.14. The number of aliphatic imine (C=N–C) groups is 1. The van der Waals surface area contributed by atoms with Crippen LogP contribution in [-0.4, -0.2) is 24.3 Å². The number of hydrogen-bond donors (Lipinski definition) is 0. The second-order valence-corrected chi connectivity index (χ2v) is 8.49. The quantitative estimate of drug-likeness (QED) is 0.260. The van der Waals surface area contributed by atoms with Crippen molar-refractivity contribution in [3.63, 3.8) is 0 Å². The number of rotatable bonds is 8. The van der Waals surface area contributed by atoms with E-state index in [4.69, 9.17) is 4.99 Å². The fourth-order valence-corrected chi connectivity index (χ4v) is 4.73. The maximum atomic E-state index is 14.3. The number of benzene rings is 1. The normalized spacial score (nSPS) is 17.1. The first-order chi connectivity index (χ1) is 13.8. The molecule has 0 atom stereocenters. The fraction of sp³-hybridized carbons (Fsp3) is 0.500. The monoisotopic (exact) mass is 396 g/mol. The van der Waals surface area contributed by atoms with Gasteiger partial charge in [0.15, 0.2) is 0 Å². The molecule has 1 aliphatic rings. The molecule has 0 spiro atoms. The largest absolute Gasteiger partial charge is 0.330 e. The summed E-state index contributed by atoms with van der Waals surface area (Å²) in [5, 5.41) is 0. The van der Waals surface area contributed by atoms with Gasteiger partial charge in [0.1, 0.15) is 11.7 Å². The number of hydrogen-bond acceptors (Lipinski definition) is 1. The van der Waals surface area contributed by atoms with Crippen LogP contribution in [0.1, 0.15) is 70.4 Å². The zero-order valence-electron chi connectivity index (χ0n) is 18.9. The lowest BCUT2D eigenvalue weighted by molar-refractivity contribution is 0.417. The molecule has 0 aromatic heterocycles. The van der Waals surface area contributed by atoms with Crippen LogP contribution in [0, 0.1) is 12.7 Å². The van der Waals surface area contributed by atoms with Gasteiger partial charge in [-0.25, -0.2) is 4.39 Å².